The van der Waals surface area contributed by atoms with Gasteiger partial charge in [-0.15, -0.1) is 23.5 Å². The number of hydrogen-bond donors (Lipinski definition) is 0. The minimum Gasteiger partial charge on any atom is -0.497 e. The van der Waals surface area contributed by atoms with Crippen molar-refractivity contribution in [3.05, 3.63) is 65.2 Å². The molecule has 0 aromatic heterocycles. The third kappa shape index (κ3) is 4.15. The highest BCUT2D eigenvalue weighted by Crippen LogP contribution is 2.45. The van der Waals surface area contributed by atoms with Crippen LogP contribution in [0.2, 0.25) is 0 Å². The molecule has 1 saturated heterocycles. The summed E-state index contributed by atoms with van der Waals surface area (Å²) in [5, 5.41) is 0. The minimum atomic E-state index is -0.000902. The average molecular weight is 374 g/mol. The van der Waals surface area contributed by atoms with Crippen molar-refractivity contribution in [3.63, 3.8) is 0 Å². The molecule has 2 aromatic rings. The Morgan fingerprint density at radius 1 is 1.08 bits per heavy atom. The average Bonchev–Trinajstić information content (AvgIpc) is 3.21. The number of carbonyl (C=O) groups excluding carboxylic acids is 1. The number of rotatable bonds is 5. The van der Waals surface area contributed by atoms with Crippen LogP contribution in [-0.2, 0) is 0 Å². The monoisotopic (exact) mass is 373 g/mol. The maximum Gasteiger partial charge on any atom is 0.254 e. The zero-order chi connectivity index (χ0) is 17.8. The molecular weight excluding hydrogens is 350 g/mol. The molecule has 1 aliphatic heterocycles. The smallest absolute Gasteiger partial charge is 0.254 e. The molecule has 132 valence electrons. The Morgan fingerprint density at radius 3 is 2.24 bits per heavy atom. The van der Waals surface area contributed by atoms with Crippen molar-refractivity contribution >= 4 is 29.4 Å². The molecule has 3 rings (SSSR count). The number of carbonyl (C=O) groups is 1. The second-order valence-electron chi connectivity index (χ2n) is 6.06. The van der Waals surface area contributed by atoms with E-state index < -0.39 is 0 Å². The lowest BCUT2D eigenvalue weighted by Crippen LogP contribution is -2.29. The lowest BCUT2D eigenvalue weighted by Gasteiger charge is -2.25. The molecule has 1 amide bonds. The quantitative estimate of drug-likeness (QED) is 0.737. The molecular formula is C20H23NO2S2. The summed E-state index contributed by atoms with van der Waals surface area (Å²) < 4.78 is 5.71. The molecule has 1 unspecified atom stereocenters. The number of thioether (sulfide) groups is 2. The van der Waals surface area contributed by atoms with Gasteiger partial charge in [0.15, 0.2) is 0 Å². The normalized spacial score (nSPS) is 15.8. The largest absolute Gasteiger partial charge is 0.497 e. The first kappa shape index (κ1) is 18.2. The first-order chi connectivity index (χ1) is 12.1. The van der Waals surface area contributed by atoms with Crippen molar-refractivity contribution in [1.29, 1.82) is 0 Å². The Kier molecular flexibility index (Phi) is 5.97. The number of methoxy groups -OCH3 is 1. The zero-order valence-corrected chi connectivity index (χ0v) is 16.4. The standard InChI is InChI=1S/C20H23NO2S2/c1-14(15-8-10-18(23-3)11-9-15)21(2)19(22)16-4-6-17(7-5-16)20-24-12-13-25-20/h4-11,14,20H,12-13H2,1-3H3. The molecule has 5 heteroatoms. The molecule has 2 aromatic carbocycles. The van der Waals surface area contributed by atoms with Gasteiger partial charge in [0.1, 0.15) is 5.75 Å². The molecule has 1 fully saturated rings. The molecule has 0 aliphatic carbocycles. The van der Waals surface area contributed by atoms with Gasteiger partial charge in [-0.3, -0.25) is 4.79 Å². The Labute approximate surface area is 158 Å². The van der Waals surface area contributed by atoms with E-state index >= 15 is 0 Å². The predicted molar refractivity (Wildman–Crippen MR) is 108 cm³/mol. The van der Waals surface area contributed by atoms with E-state index in [0.717, 1.165) is 16.9 Å². The SMILES string of the molecule is COc1ccc(C(C)N(C)C(=O)c2ccc(C3SCCS3)cc2)cc1. The maximum absolute atomic E-state index is 12.8. The number of amides is 1. The van der Waals surface area contributed by atoms with Gasteiger partial charge in [-0.2, -0.15) is 0 Å². The molecule has 1 heterocycles. The number of nitrogens with zero attached hydrogens (tertiary/aromatic N) is 1. The highest BCUT2D eigenvalue weighted by molar-refractivity contribution is 8.19. The van der Waals surface area contributed by atoms with Crippen molar-refractivity contribution in [2.24, 2.45) is 0 Å². The summed E-state index contributed by atoms with van der Waals surface area (Å²) >= 11 is 3.96. The van der Waals surface area contributed by atoms with E-state index in [1.807, 2.05) is 73.9 Å². The molecule has 0 radical (unpaired) electrons. The molecule has 3 nitrogen and oxygen atoms in total. The van der Waals surface area contributed by atoms with Gasteiger partial charge in [-0.25, -0.2) is 0 Å². The molecule has 25 heavy (non-hydrogen) atoms. The summed E-state index contributed by atoms with van der Waals surface area (Å²) in [5.41, 5.74) is 3.13. The van der Waals surface area contributed by atoms with Gasteiger partial charge in [0.2, 0.25) is 0 Å². The topological polar surface area (TPSA) is 29.5 Å². The lowest BCUT2D eigenvalue weighted by atomic mass is 10.1. The second kappa shape index (κ2) is 8.19. The second-order valence-corrected chi connectivity index (χ2v) is 8.79. The van der Waals surface area contributed by atoms with Crippen LogP contribution in [0, 0.1) is 0 Å². The number of ether oxygens (including phenoxy) is 1. The lowest BCUT2D eigenvalue weighted by molar-refractivity contribution is 0.0742. The van der Waals surface area contributed by atoms with E-state index in [0.29, 0.717) is 4.58 Å². The van der Waals surface area contributed by atoms with Gasteiger partial charge in [-0.1, -0.05) is 24.3 Å². The minimum absolute atomic E-state index is 0.000902. The fraction of sp³-hybridized carbons (Fsp3) is 0.350. The molecule has 0 saturated carbocycles. The van der Waals surface area contributed by atoms with Crippen LogP contribution in [0.4, 0.5) is 0 Å². The first-order valence-corrected chi connectivity index (χ1v) is 10.4. The van der Waals surface area contributed by atoms with Crippen molar-refractivity contribution < 1.29 is 9.53 Å². The first-order valence-electron chi connectivity index (χ1n) is 8.34. The van der Waals surface area contributed by atoms with Crippen molar-refractivity contribution in [2.75, 3.05) is 25.7 Å². The Hall–Kier alpha value is -1.59. The van der Waals surface area contributed by atoms with Crippen LogP contribution in [0.15, 0.2) is 48.5 Å². The summed E-state index contributed by atoms with van der Waals surface area (Å²) in [4.78, 5) is 14.6. The molecule has 0 spiro atoms. The van der Waals surface area contributed by atoms with Crippen molar-refractivity contribution in [2.45, 2.75) is 17.5 Å². The van der Waals surface area contributed by atoms with Gasteiger partial charge < -0.3 is 9.64 Å². The number of benzene rings is 2. The predicted octanol–water partition coefficient (Wildman–Crippen LogP) is 5.01. The fourth-order valence-corrected chi connectivity index (χ4v) is 5.68. The summed E-state index contributed by atoms with van der Waals surface area (Å²) in [5.74, 6) is 3.28. The van der Waals surface area contributed by atoms with E-state index in [9.17, 15) is 4.79 Å². The van der Waals surface area contributed by atoms with Gasteiger partial charge in [-0.05, 0) is 42.3 Å². The van der Waals surface area contributed by atoms with Crippen LogP contribution in [0.1, 0.15) is 39.0 Å². The van der Waals surface area contributed by atoms with Crippen molar-refractivity contribution in [3.8, 4) is 5.75 Å². The molecule has 1 atom stereocenters. The maximum atomic E-state index is 12.8. The van der Waals surface area contributed by atoms with Crippen LogP contribution >= 0.6 is 23.5 Å². The van der Waals surface area contributed by atoms with Crippen molar-refractivity contribution in [1.82, 2.24) is 4.90 Å². The van der Waals surface area contributed by atoms with E-state index in [4.69, 9.17) is 4.74 Å². The molecule has 0 N–H and O–H groups in total. The van der Waals surface area contributed by atoms with Gasteiger partial charge in [0, 0.05) is 24.1 Å². The summed E-state index contributed by atoms with van der Waals surface area (Å²) in [7, 11) is 3.51. The van der Waals surface area contributed by atoms with E-state index in [1.54, 1.807) is 12.0 Å². The summed E-state index contributed by atoms with van der Waals surface area (Å²) in [6, 6.07) is 16.0. The van der Waals surface area contributed by atoms with Gasteiger partial charge >= 0.3 is 0 Å². The third-order valence-electron chi connectivity index (χ3n) is 4.55. The highest BCUT2D eigenvalue weighted by Gasteiger charge is 2.21. The Bertz CT molecular complexity index is 709. The highest BCUT2D eigenvalue weighted by atomic mass is 32.2. The van der Waals surface area contributed by atoms with Gasteiger partial charge in [0.05, 0.1) is 17.7 Å². The van der Waals surface area contributed by atoms with E-state index in [1.165, 1.54) is 17.1 Å². The fourth-order valence-electron chi connectivity index (χ4n) is 2.82. The number of hydrogen-bond acceptors (Lipinski definition) is 4. The molecule has 1 aliphatic rings. The summed E-state index contributed by atoms with van der Waals surface area (Å²) in [6.07, 6.45) is 0. The van der Waals surface area contributed by atoms with E-state index in [-0.39, 0.29) is 11.9 Å². The van der Waals surface area contributed by atoms with Crippen LogP contribution in [0.5, 0.6) is 5.75 Å². The van der Waals surface area contributed by atoms with Gasteiger partial charge in [0.25, 0.3) is 5.91 Å². The Morgan fingerprint density at radius 2 is 1.68 bits per heavy atom. The summed E-state index contributed by atoms with van der Waals surface area (Å²) in [6.45, 7) is 2.04. The van der Waals surface area contributed by atoms with E-state index in [2.05, 4.69) is 12.1 Å². The molecule has 0 bridgehead atoms. The van der Waals surface area contributed by atoms with Crippen LogP contribution in [0.25, 0.3) is 0 Å². The Balaban J connectivity index is 1.70. The van der Waals surface area contributed by atoms with Crippen LogP contribution < -0.4 is 4.74 Å². The van der Waals surface area contributed by atoms with Crippen LogP contribution in [0.3, 0.4) is 0 Å². The van der Waals surface area contributed by atoms with Crippen LogP contribution in [-0.4, -0.2) is 36.5 Å². The zero-order valence-electron chi connectivity index (χ0n) is 14.8. The third-order valence-corrected chi connectivity index (χ3v) is 7.66.